The van der Waals surface area contributed by atoms with Crippen molar-refractivity contribution in [2.75, 3.05) is 6.61 Å². The molecule has 0 bridgehead atoms. The van der Waals surface area contributed by atoms with Crippen molar-refractivity contribution in [2.24, 2.45) is 0 Å². The Bertz CT molecular complexity index is 796. The fourth-order valence-corrected chi connectivity index (χ4v) is 2.09. The molecule has 2 heterocycles. The number of halogens is 1. The van der Waals surface area contributed by atoms with E-state index in [1.54, 1.807) is 31.3 Å². The van der Waals surface area contributed by atoms with Crippen LogP contribution in [0.1, 0.15) is 17.3 Å². The molecule has 21 heavy (non-hydrogen) atoms. The molecule has 3 rings (SSSR count). The van der Waals surface area contributed by atoms with Crippen molar-refractivity contribution in [3.63, 3.8) is 0 Å². The van der Waals surface area contributed by atoms with E-state index >= 15 is 0 Å². The summed E-state index contributed by atoms with van der Waals surface area (Å²) in [4.78, 5) is 16.1. The summed E-state index contributed by atoms with van der Waals surface area (Å²) in [7, 11) is 0. The molecule has 0 aliphatic heterocycles. The van der Waals surface area contributed by atoms with E-state index in [0.717, 1.165) is 11.1 Å². The first kappa shape index (κ1) is 13.2. The highest BCUT2D eigenvalue weighted by atomic mass is 19.1. The van der Waals surface area contributed by atoms with Gasteiger partial charge in [0.25, 0.3) is 0 Å². The Labute approximate surface area is 120 Å². The van der Waals surface area contributed by atoms with E-state index in [1.165, 1.54) is 23.0 Å². The molecule has 2 aromatic heterocycles. The molecular weight excluding hydrogens is 273 g/mol. The lowest BCUT2D eigenvalue weighted by molar-refractivity contribution is 0.0528. The van der Waals surface area contributed by atoms with Gasteiger partial charge in [0.05, 0.1) is 6.61 Å². The number of aromatic nitrogens is 3. The van der Waals surface area contributed by atoms with E-state index < -0.39 is 5.97 Å². The number of rotatable bonds is 3. The van der Waals surface area contributed by atoms with Crippen molar-refractivity contribution in [3.8, 4) is 11.1 Å². The van der Waals surface area contributed by atoms with Crippen LogP contribution in [-0.2, 0) is 4.74 Å². The normalized spacial score (nSPS) is 10.8. The molecule has 0 atom stereocenters. The number of hydrogen-bond donors (Lipinski definition) is 0. The van der Waals surface area contributed by atoms with Gasteiger partial charge in [-0.15, -0.1) is 0 Å². The zero-order valence-electron chi connectivity index (χ0n) is 11.3. The first-order chi connectivity index (χ1) is 10.2. The van der Waals surface area contributed by atoms with Crippen molar-refractivity contribution in [1.29, 1.82) is 0 Å². The van der Waals surface area contributed by atoms with E-state index in [-0.39, 0.29) is 12.4 Å². The molecule has 0 saturated carbocycles. The number of pyridine rings is 1. The summed E-state index contributed by atoms with van der Waals surface area (Å²) in [6, 6.07) is 7.69. The molecule has 0 amide bonds. The van der Waals surface area contributed by atoms with E-state index in [1.807, 2.05) is 0 Å². The SMILES string of the molecule is CCOC(=O)c1cc(-c2ccc(F)cc2)cn2ncnc12. The minimum atomic E-state index is -0.459. The van der Waals surface area contributed by atoms with Gasteiger partial charge in [-0.1, -0.05) is 12.1 Å². The Morgan fingerprint density at radius 3 is 2.76 bits per heavy atom. The molecule has 0 aliphatic rings. The van der Waals surface area contributed by atoms with Crippen LogP contribution in [0.25, 0.3) is 16.8 Å². The lowest BCUT2D eigenvalue weighted by Gasteiger charge is -2.07. The number of hydrogen-bond acceptors (Lipinski definition) is 4. The summed E-state index contributed by atoms with van der Waals surface area (Å²) in [6.45, 7) is 2.02. The Kier molecular flexibility index (Phi) is 3.35. The molecule has 0 saturated heterocycles. The second-order valence-electron chi connectivity index (χ2n) is 4.40. The lowest BCUT2D eigenvalue weighted by Crippen LogP contribution is -2.08. The number of carbonyl (C=O) groups is 1. The van der Waals surface area contributed by atoms with Gasteiger partial charge in [0.2, 0.25) is 0 Å². The Hall–Kier alpha value is -2.76. The summed E-state index contributed by atoms with van der Waals surface area (Å²) in [5.41, 5.74) is 2.27. The maximum absolute atomic E-state index is 13.0. The third kappa shape index (κ3) is 2.47. The van der Waals surface area contributed by atoms with Crippen LogP contribution in [0, 0.1) is 5.82 Å². The third-order valence-electron chi connectivity index (χ3n) is 3.05. The molecule has 0 fully saturated rings. The summed E-state index contributed by atoms with van der Waals surface area (Å²) >= 11 is 0. The number of carbonyl (C=O) groups excluding carboxylic acids is 1. The molecule has 0 N–H and O–H groups in total. The predicted molar refractivity (Wildman–Crippen MR) is 74.3 cm³/mol. The Balaban J connectivity index is 2.16. The zero-order valence-corrected chi connectivity index (χ0v) is 11.3. The van der Waals surface area contributed by atoms with Crippen molar-refractivity contribution < 1.29 is 13.9 Å². The van der Waals surface area contributed by atoms with Crippen molar-refractivity contribution in [2.45, 2.75) is 6.92 Å². The van der Waals surface area contributed by atoms with Gasteiger partial charge in [0.1, 0.15) is 17.7 Å². The molecule has 5 nitrogen and oxygen atoms in total. The number of benzene rings is 1. The topological polar surface area (TPSA) is 56.5 Å². The molecule has 0 radical (unpaired) electrons. The van der Waals surface area contributed by atoms with Gasteiger partial charge >= 0.3 is 5.97 Å². The standard InChI is InChI=1S/C15H12FN3O2/c1-2-21-15(20)13-7-11(8-19-14(13)17-9-18-19)10-3-5-12(16)6-4-10/h3-9H,2H2,1H3. The summed E-state index contributed by atoms with van der Waals surface area (Å²) in [6.07, 6.45) is 3.10. The maximum atomic E-state index is 13.0. The monoisotopic (exact) mass is 285 g/mol. The van der Waals surface area contributed by atoms with Crippen LogP contribution in [0.5, 0.6) is 0 Å². The van der Waals surface area contributed by atoms with Crippen molar-refractivity contribution >= 4 is 11.6 Å². The lowest BCUT2D eigenvalue weighted by atomic mass is 10.1. The van der Waals surface area contributed by atoms with Gasteiger partial charge in [-0.05, 0) is 30.7 Å². The number of nitrogens with zero attached hydrogens (tertiary/aromatic N) is 3. The van der Waals surface area contributed by atoms with Crippen LogP contribution in [0.4, 0.5) is 4.39 Å². The highest BCUT2D eigenvalue weighted by Crippen LogP contribution is 2.23. The molecule has 106 valence electrons. The average molecular weight is 285 g/mol. The minimum absolute atomic E-state index is 0.278. The number of fused-ring (bicyclic) bond motifs is 1. The van der Waals surface area contributed by atoms with E-state index in [2.05, 4.69) is 10.1 Å². The van der Waals surface area contributed by atoms with Gasteiger partial charge in [-0.2, -0.15) is 5.10 Å². The highest BCUT2D eigenvalue weighted by molar-refractivity contribution is 5.97. The predicted octanol–water partition coefficient (Wildman–Crippen LogP) is 2.71. The van der Waals surface area contributed by atoms with Gasteiger partial charge in [-0.3, -0.25) is 0 Å². The van der Waals surface area contributed by atoms with Gasteiger partial charge in [-0.25, -0.2) is 18.7 Å². The van der Waals surface area contributed by atoms with Crippen LogP contribution in [0.3, 0.4) is 0 Å². The van der Waals surface area contributed by atoms with Gasteiger partial charge < -0.3 is 4.74 Å². The average Bonchev–Trinajstić information content (AvgIpc) is 2.95. The second kappa shape index (κ2) is 5.32. The van der Waals surface area contributed by atoms with E-state index in [0.29, 0.717) is 11.2 Å². The fourth-order valence-electron chi connectivity index (χ4n) is 2.09. The fraction of sp³-hybridized carbons (Fsp3) is 0.133. The smallest absolute Gasteiger partial charge is 0.342 e. The van der Waals surface area contributed by atoms with Crippen LogP contribution in [0.2, 0.25) is 0 Å². The summed E-state index contributed by atoms with van der Waals surface area (Å²) in [5.74, 6) is -0.773. The first-order valence-corrected chi connectivity index (χ1v) is 6.45. The highest BCUT2D eigenvalue weighted by Gasteiger charge is 2.15. The minimum Gasteiger partial charge on any atom is -0.462 e. The Morgan fingerprint density at radius 1 is 1.29 bits per heavy atom. The Morgan fingerprint density at radius 2 is 2.05 bits per heavy atom. The van der Waals surface area contributed by atoms with Crippen LogP contribution in [-0.4, -0.2) is 27.2 Å². The molecule has 0 spiro atoms. The third-order valence-corrected chi connectivity index (χ3v) is 3.05. The van der Waals surface area contributed by atoms with E-state index in [9.17, 15) is 9.18 Å². The zero-order chi connectivity index (χ0) is 14.8. The number of ether oxygens (including phenoxy) is 1. The maximum Gasteiger partial charge on any atom is 0.342 e. The van der Waals surface area contributed by atoms with E-state index in [4.69, 9.17) is 4.74 Å². The molecule has 0 aliphatic carbocycles. The molecule has 3 aromatic rings. The summed E-state index contributed by atoms with van der Waals surface area (Å²) < 4.78 is 19.6. The molecule has 0 unspecified atom stereocenters. The summed E-state index contributed by atoms with van der Waals surface area (Å²) in [5, 5.41) is 4.05. The molecule has 6 heteroatoms. The van der Waals surface area contributed by atoms with Gasteiger partial charge in [0, 0.05) is 11.8 Å². The largest absolute Gasteiger partial charge is 0.462 e. The first-order valence-electron chi connectivity index (χ1n) is 6.45. The van der Waals surface area contributed by atoms with Gasteiger partial charge in [0.15, 0.2) is 5.65 Å². The quantitative estimate of drug-likeness (QED) is 0.694. The van der Waals surface area contributed by atoms with Crippen molar-refractivity contribution in [1.82, 2.24) is 14.6 Å². The van der Waals surface area contributed by atoms with Crippen molar-refractivity contribution in [3.05, 3.63) is 54.2 Å². The number of esters is 1. The second-order valence-corrected chi connectivity index (χ2v) is 4.40. The van der Waals surface area contributed by atoms with Crippen LogP contribution in [0.15, 0.2) is 42.9 Å². The van der Waals surface area contributed by atoms with Crippen LogP contribution < -0.4 is 0 Å². The molecule has 1 aromatic carbocycles. The van der Waals surface area contributed by atoms with Crippen LogP contribution >= 0.6 is 0 Å². The molecular formula is C15H12FN3O2.